The summed E-state index contributed by atoms with van der Waals surface area (Å²) in [5.74, 6) is -0.795. The first-order valence-electron chi connectivity index (χ1n) is 4.46. The first-order valence-corrected chi connectivity index (χ1v) is 5.26. The van der Waals surface area contributed by atoms with Crippen LogP contribution in [0.3, 0.4) is 0 Å². The second-order valence-corrected chi connectivity index (χ2v) is 4.16. The van der Waals surface area contributed by atoms with Crippen LogP contribution in [0.15, 0.2) is 22.7 Å². The lowest BCUT2D eigenvalue weighted by Gasteiger charge is -2.12. The Kier molecular flexibility index (Phi) is 4.11. The Bertz CT molecular complexity index is 368. The molecular weight excluding hydrogens is 262 g/mol. The van der Waals surface area contributed by atoms with E-state index < -0.39 is 12.0 Å². The fourth-order valence-electron chi connectivity index (χ4n) is 1.26. The van der Waals surface area contributed by atoms with Crippen LogP contribution in [0.25, 0.3) is 0 Å². The second kappa shape index (κ2) is 5.14. The molecule has 1 aromatic carbocycles. The number of nitrogens with two attached hydrogens (primary N) is 1. The molecule has 0 heterocycles. The summed E-state index contributed by atoms with van der Waals surface area (Å²) in [7, 11) is 0. The molecule has 4 N–H and O–H groups in total. The number of carboxylic acid groups (broad SMARTS) is 1. The monoisotopic (exact) mass is 273 g/mol. The number of phenols is 1. The molecular formula is C10H12BrNO3. The number of carboxylic acids is 1. The second-order valence-electron chi connectivity index (χ2n) is 3.24. The van der Waals surface area contributed by atoms with Gasteiger partial charge in [-0.3, -0.25) is 4.79 Å². The Morgan fingerprint density at radius 3 is 2.80 bits per heavy atom. The van der Waals surface area contributed by atoms with Crippen LogP contribution in [0.4, 0.5) is 0 Å². The molecule has 0 saturated heterocycles. The van der Waals surface area contributed by atoms with Gasteiger partial charge in [0.2, 0.25) is 0 Å². The molecule has 5 heteroatoms. The van der Waals surface area contributed by atoms with E-state index in [2.05, 4.69) is 15.9 Å². The van der Waals surface area contributed by atoms with Crippen LogP contribution in [0, 0.1) is 0 Å². The van der Waals surface area contributed by atoms with Crippen molar-refractivity contribution < 1.29 is 15.0 Å². The minimum Gasteiger partial charge on any atom is -0.508 e. The fraction of sp³-hybridized carbons (Fsp3) is 0.300. The van der Waals surface area contributed by atoms with Crippen LogP contribution in [0.1, 0.15) is 24.4 Å². The molecule has 15 heavy (non-hydrogen) atoms. The first kappa shape index (κ1) is 12.0. The van der Waals surface area contributed by atoms with Crippen molar-refractivity contribution in [3.63, 3.8) is 0 Å². The van der Waals surface area contributed by atoms with Crippen LogP contribution in [-0.4, -0.2) is 16.2 Å². The van der Waals surface area contributed by atoms with E-state index in [-0.39, 0.29) is 12.2 Å². The number of benzene rings is 1. The predicted molar refractivity (Wildman–Crippen MR) is 59.6 cm³/mol. The molecule has 0 aliphatic carbocycles. The van der Waals surface area contributed by atoms with E-state index in [1.165, 1.54) is 6.07 Å². The van der Waals surface area contributed by atoms with E-state index in [4.69, 9.17) is 10.8 Å². The lowest BCUT2D eigenvalue weighted by atomic mass is 10.0. The summed E-state index contributed by atoms with van der Waals surface area (Å²) in [5, 5.41) is 18.0. The zero-order chi connectivity index (χ0) is 11.4. The van der Waals surface area contributed by atoms with Crippen molar-refractivity contribution in [2.75, 3.05) is 0 Å². The quantitative estimate of drug-likeness (QED) is 0.784. The van der Waals surface area contributed by atoms with Gasteiger partial charge >= 0.3 is 5.97 Å². The van der Waals surface area contributed by atoms with E-state index >= 15 is 0 Å². The van der Waals surface area contributed by atoms with Gasteiger partial charge in [0.05, 0.1) is 0 Å². The molecule has 0 radical (unpaired) electrons. The fourth-order valence-corrected chi connectivity index (χ4v) is 1.64. The number of aliphatic carboxylic acids is 1. The van der Waals surface area contributed by atoms with Gasteiger partial charge in [-0.05, 0) is 24.6 Å². The number of halogens is 1. The Morgan fingerprint density at radius 2 is 2.20 bits per heavy atom. The first-order chi connectivity index (χ1) is 7.00. The number of hydrogen-bond acceptors (Lipinski definition) is 3. The molecule has 82 valence electrons. The van der Waals surface area contributed by atoms with Crippen molar-refractivity contribution in [2.24, 2.45) is 5.73 Å². The van der Waals surface area contributed by atoms with Gasteiger partial charge in [-0.25, -0.2) is 0 Å². The van der Waals surface area contributed by atoms with Crippen molar-refractivity contribution in [3.8, 4) is 5.75 Å². The van der Waals surface area contributed by atoms with Crippen molar-refractivity contribution in [1.82, 2.24) is 0 Å². The number of hydrogen-bond donors (Lipinski definition) is 3. The maximum Gasteiger partial charge on any atom is 0.303 e. The summed E-state index contributed by atoms with van der Waals surface area (Å²) in [6.45, 7) is 0. The van der Waals surface area contributed by atoms with Gasteiger partial charge in [0.25, 0.3) is 0 Å². The van der Waals surface area contributed by atoms with Gasteiger partial charge < -0.3 is 15.9 Å². The molecule has 0 fully saturated rings. The van der Waals surface area contributed by atoms with Crippen molar-refractivity contribution >= 4 is 21.9 Å². The smallest absolute Gasteiger partial charge is 0.303 e. The molecule has 0 aliphatic rings. The van der Waals surface area contributed by atoms with Gasteiger partial charge in [0.1, 0.15) is 5.75 Å². The summed E-state index contributed by atoms with van der Waals surface area (Å²) in [6.07, 6.45) is 0.298. The SMILES string of the molecule is NC(CCC(=O)O)c1cc(Br)ccc1O. The normalized spacial score (nSPS) is 12.4. The summed E-state index contributed by atoms with van der Waals surface area (Å²) in [5.41, 5.74) is 6.33. The molecule has 0 spiro atoms. The standard InChI is InChI=1S/C10H12BrNO3/c11-6-1-3-9(13)7(5-6)8(12)2-4-10(14)15/h1,3,5,8,13H,2,4,12H2,(H,14,15). The molecule has 0 amide bonds. The van der Waals surface area contributed by atoms with E-state index in [1.54, 1.807) is 12.1 Å². The minimum atomic E-state index is -0.889. The molecule has 1 unspecified atom stereocenters. The molecule has 1 atom stereocenters. The third-order valence-corrected chi connectivity index (χ3v) is 2.55. The van der Waals surface area contributed by atoms with Gasteiger partial charge in [0.15, 0.2) is 0 Å². The average Bonchev–Trinajstić information content (AvgIpc) is 2.18. The van der Waals surface area contributed by atoms with Crippen molar-refractivity contribution in [2.45, 2.75) is 18.9 Å². The van der Waals surface area contributed by atoms with E-state index in [0.717, 1.165) is 4.47 Å². The highest BCUT2D eigenvalue weighted by molar-refractivity contribution is 9.10. The third kappa shape index (κ3) is 3.53. The summed E-state index contributed by atoms with van der Waals surface area (Å²) in [4.78, 5) is 10.4. The van der Waals surface area contributed by atoms with Crippen molar-refractivity contribution in [1.29, 1.82) is 0 Å². The van der Waals surface area contributed by atoms with Crippen LogP contribution in [-0.2, 0) is 4.79 Å². The minimum absolute atomic E-state index is 0.00683. The Morgan fingerprint density at radius 1 is 1.53 bits per heavy atom. The Labute approximate surface area is 95.8 Å². The third-order valence-electron chi connectivity index (χ3n) is 2.06. The lowest BCUT2D eigenvalue weighted by molar-refractivity contribution is -0.137. The highest BCUT2D eigenvalue weighted by atomic mass is 79.9. The summed E-state index contributed by atoms with van der Waals surface area (Å²) >= 11 is 3.26. The van der Waals surface area contributed by atoms with E-state index in [9.17, 15) is 9.90 Å². The maximum absolute atomic E-state index is 10.4. The van der Waals surface area contributed by atoms with Gasteiger partial charge in [-0.1, -0.05) is 15.9 Å². The van der Waals surface area contributed by atoms with E-state index in [0.29, 0.717) is 12.0 Å². The molecule has 0 saturated carbocycles. The number of rotatable bonds is 4. The zero-order valence-corrected chi connectivity index (χ0v) is 9.57. The molecule has 1 rings (SSSR count). The lowest BCUT2D eigenvalue weighted by Crippen LogP contribution is -2.12. The highest BCUT2D eigenvalue weighted by Crippen LogP contribution is 2.28. The highest BCUT2D eigenvalue weighted by Gasteiger charge is 2.12. The van der Waals surface area contributed by atoms with Gasteiger partial charge in [0, 0.05) is 22.5 Å². The zero-order valence-electron chi connectivity index (χ0n) is 7.98. The molecule has 0 aromatic heterocycles. The van der Waals surface area contributed by atoms with Gasteiger partial charge in [-0.2, -0.15) is 0 Å². The number of aromatic hydroxyl groups is 1. The van der Waals surface area contributed by atoms with Crippen molar-refractivity contribution in [3.05, 3.63) is 28.2 Å². The Balaban J connectivity index is 2.76. The Hall–Kier alpha value is -1.07. The van der Waals surface area contributed by atoms with Crippen LogP contribution in [0.2, 0.25) is 0 Å². The topological polar surface area (TPSA) is 83.6 Å². The van der Waals surface area contributed by atoms with Gasteiger partial charge in [-0.15, -0.1) is 0 Å². The number of carbonyl (C=O) groups is 1. The maximum atomic E-state index is 10.4. The largest absolute Gasteiger partial charge is 0.508 e. The molecule has 0 bridgehead atoms. The summed E-state index contributed by atoms with van der Waals surface area (Å²) in [6, 6.07) is 4.46. The number of phenolic OH excluding ortho intramolecular Hbond substituents is 1. The van der Waals surface area contributed by atoms with Crippen LogP contribution >= 0.6 is 15.9 Å². The van der Waals surface area contributed by atoms with Crippen LogP contribution < -0.4 is 5.73 Å². The van der Waals surface area contributed by atoms with Crippen LogP contribution in [0.5, 0.6) is 5.75 Å². The summed E-state index contributed by atoms with van der Waals surface area (Å²) < 4.78 is 0.807. The molecule has 1 aromatic rings. The molecule has 0 aliphatic heterocycles. The average molecular weight is 274 g/mol. The predicted octanol–water partition coefficient (Wildman–Crippen LogP) is 2.02. The van der Waals surface area contributed by atoms with E-state index in [1.807, 2.05) is 0 Å². The molecule has 4 nitrogen and oxygen atoms in total.